The van der Waals surface area contributed by atoms with Gasteiger partial charge in [0.15, 0.2) is 0 Å². The van der Waals surface area contributed by atoms with E-state index in [1.807, 2.05) is 18.2 Å². The van der Waals surface area contributed by atoms with Crippen molar-refractivity contribution in [2.45, 2.75) is 32.6 Å². The first-order valence-corrected chi connectivity index (χ1v) is 8.36. The van der Waals surface area contributed by atoms with Crippen LogP contribution in [0.25, 0.3) is 6.08 Å². The molecule has 1 saturated heterocycles. The fourth-order valence-corrected chi connectivity index (χ4v) is 2.63. The Balaban J connectivity index is 1.76. The first-order valence-electron chi connectivity index (χ1n) is 8.36. The molecule has 124 valence electrons. The first-order chi connectivity index (χ1) is 11.2. The molecule has 2 amide bonds. The highest BCUT2D eigenvalue weighted by atomic mass is 16.2. The zero-order valence-electron chi connectivity index (χ0n) is 13.7. The maximum atomic E-state index is 12.2. The largest absolute Gasteiger partial charge is 0.356 e. The molecule has 0 atom stereocenters. The van der Waals surface area contributed by atoms with E-state index in [9.17, 15) is 9.59 Å². The Morgan fingerprint density at radius 3 is 2.78 bits per heavy atom. The van der Waals surface area contributed by atoms with Gasteiger partial charge in [-0.15, -0.1) is 0 Å². The first kappa shape index (κ1) is 17.2. The minimum absolute atomic E-state index is 0.0134. The van der Waals surface area contributed by atoms with Crippen molar-refractivity contribution in [2.24, 2.45) is 5.92 Å². The van der Waals surface area contributed by atoms with Gasteiger partial charge in [-0.1, -0.05) is 19.4 Å². The fraction of sp³-hybridized carbons (Fsp3) is 0.500. The second-order valence-corrected chi connectivity index (χ2v) is 5.83. The molecule has 2 rings (SSSR count). The van der Waals surface area contributed by atoms with Crippen molar-refractivity contribution in [3.63, 3.8) is 0 Å². The molecule has 5 nitrogen and oxygen atoms in total. The zero-order valence-corrected chi connectivity index (χ0v) is 13.7. The maximum absolute atomic E-state index is 12.2. The van der Waals surface area contributed by atoms with Gasteiger partial charge in [0.2, 0.25) is 11.8 Å². The van der Waals surface area contributed by atoms with Gasteiger partial charge in [-0.25, -0.2) is 0 Å². The fourth-order valence-electron chi connectivity index (χ4n) is 2.63. The number of unbranched alkanes of at least 4 members (excludes halogenated alkanes) is 1. The number of pyridine rings is 1. The van der Waals surface area contributed by atoms with Crippen LogP contribution in [0.4, 0.5) is 0 Å². The molecular formula is C18H25N3O2. The third kappa shape index (κ3) is 5.51. The number of hydrogen-bond acceptors (Lipinski definition) is 3. The molecule has 23 heavy (non-hydrogen) atoms. The van der Waals surface area contributed by atoms with Gasteiger partial charge in [-0.2, -0.15) is 0 Å². The van der Waals surface area contributed by atoms with Crippen LogP contribution >= 0.6 is 0 Å². The number of carbonyl (C=O) groups is 2. The second-order valence-electron chi connectivity index (χ2n) is 5.83. The molecule has 0 radical (unpaired) electrons. The van der Waals surface area contributed by atoms with Crippen LogP contribution < -0.4 is 5.32 Å². The summed E-state index contributed by atoms with van der Waals surface area (Å²) in [5.74, 6) is 0.158. The highest BCUT2D eigenvalue weighted by Gasteiger charge is 2.26. The monoisotopic (exact) mass is 315 g/mol. The molecular weight excluding hydrogens is 290 g/mol. The SMILES string of the molecule is CCCCNC(=O)C1CCN(C(=O)C=Cc2ccccn2)CC1. The van der Waals surface area contributed by atoms with E-state index in [1.54, 1.807) is 23.2 Å². The molecule has 1 fully saturated rings. The summed E-state index contributed by atoms with van der Waals surface area (Å²) in [5.41, 5.74) is 0.769. The van der Waals surface area contributed by atoms with Crippen molar-refractivity contribution in [3.05, 3.63) is 36.2 Å². The van der Waals surface area contributed by atoms with Crippen molar-refractivity contribution in [2.75, 3.05) is 19.6 Å². The third-order valence-electron chi connectivity index (χ3n) is 4.09. The van der Waals surface area contributed by atoms with Crippen molar-refractivity contribution in [1.82, 2.24) is 15.2 Å². The van der Waals surface area contributed by atoms with Gasteiger partial charge >= 0.3 is 0 Å². The Kier molecular flexibility index (Phi) is 6.78. The number of rotatable bonds is 6. The Hall–Kier alpha value is -2.17. The van der Waals surface area contributed by atoms with E-state index in [4.69, 9.17) is 0 Å². The van der Waals surface area contributed by atoms with Crippen LogP contribution in [0, 0.1) is 5.92 Å². The molecule has 0 unspecified atom stereocenters. The average Bonchev–Trinajstić information content (AvgIpc) is 2.61. The number of likely N-dealkylation sites (tertiary alicyclic amines) is 1. The van der Waals surface area contributed by atoms with Crippen LogP contribution in [-0.4, -0.2) is 41.3 Å². The van der Waals surface area contributed by atoms with Crippen molar-refractivity contribution in [3.8, 4) is 0 Å². The van der Waals surface area contributed by atoms with E-state index in [2.05, 4.69) is 17.2 Å². The summed E-state index contributed by atoms with van der Waals surface area (Å²) in [6.07, 6.45) is 8.56. The third-order valence-corrected chi connectivity index (χ3v) is 4.09. The van der Waals surface area contributed by atoms with Gasteiger partial charge in [-0.3, -0.25) is 14.6 Å². The van der Waals surface area contributed by atoms with E-state index in [-0.39, 0.29) is 17.7 Å². The summed E-state index contributed by atoms with van der Waals surface area (Å²) in [6, 6.07) is 5.59. The number of hydrogen-bond donors (Lipinski definition) is 1. The predicted molar refractivity (Wildman–Crippen MR) is 90.5 cm³/mol. The second kappa shape index (κ2) is 9.08. The Morgan fingerprint density at radius 2 is 2.13 bits per heavy atom. The molecule has 0 bridgehead atoms. The topological polar surface area (TPSA) is 62.3 Å². The number of nitrogens with one attached hydrogen (secondary N) is 1. The predicted octanol–water partition coefficient (Wildman–Crippen LogP) is 2.25. The van der Waals surface area contributed by atoms with Gasteiger partial charge in [0.25, 0.3) is 0 Å². The quantitative estimate of drug-likeness (QED) is 0.647. The van der Waals surface area contributed by atoms with E-state index >= 15 is 0 Å². The number of amides is 2. The molecule has 5 heteroatoms. The summed E-state index contributed by atoms with van der Waals surface area (Å²) in [4.78, 5) is 30.1. The molecule has 0 aromatic carbocycles. The minimum Gasteiger partial charge on any atom is -0.356 e. The normalized spacial score (nSPS) is 15.8. The Labute approximate surface area is 137 Å². The molecule has 1 aromatic heterocycles. The number of piperidine rings is 1. The van der Waals surface area contributed by atoms with Crippen molar-refractivity contribution >= 4 is 17.9 Å². The average molecular weight is 315 g/mol. The van der Waals surface area contributed by atoms with Crippen molar-refractivity contribution in [1.29, 1.82) is 0 Å². The minimum atomic E-state index is -0.0134. The molecule has 1 aliphatic heterocycles. The molecule has 0 aliphatic carbocycles. The van der Waals surface area contributed by atoms with E-state index < -0.39 is 0 Å². The molecule has 1 N–H and O–H groups in total. The van der Waals surface area contributed by atoms with Gasteiger partial charge in [0.05, 0.1) is 5.69 Å². The number of nitrogens with zero attached hydrogens (tertiary/aromatic N) is 2. The highest BCUT2D eigenvalue weighted by Crippen LogP contribution is 2.17. The van der Waals surface area contributed by atoms with Crippen LogP contribution in [0.15, 0.2) is 30.5 Å². The molecule has 2 heterocycles. The molecule has 1 aliphatic rings. The van der Waals surface area contributed by atoms with E-state index in [0.717, 1.165) is 37.9 Å². The van der Waals surface area contributed by atoms with Gasteiger partial charge in [0.1, 0.15) is 0 Å². The standard InChI is InChI=1S/C18H25N3O2/c1-2-3-11-20-18(23)15-9-13-21(14-10-15)17(22)8-7-16-6-4-5-12-19-16/h4-8,12,15H,2-3,9-11,13-14H2,1H3,(H,20,23). The maximum Gasteiger partial charge on any atom is 0.246 e. The van der Waals surface area contributed by atoms with E-state index in [1.165, 1.54) is 0 Å². The lowest BCUT2D eigenvalue weighted by Crippen LogP contribution is -2.42. The smallest absolute Gasteiger partial charge is 0.246 e. The van der Waals surface area contributed by atoms with Crippen LogP contribution in [0.2, 0.25) is 0 Å². The summed E-state index contributed by atoms with van der Waals surface area (Å²) in [5, 5.41) is 2.98. The van der Waals surface area contributed by atoms with E-state index in [0.29, 0.717) is 13.1 Å². The van der Waals surface area contributed by atoms with Crippen LogP contribution in [-0.2, 0) is 9.59 Å². The number of carbonyl (C=O) groups excluding carboxylic acids is 2. The molecule has 0 saturated carbocycles. The van der Waals surface area contributed by atoms with Gasteiger partial charge in [-0.05, 0) is 37.5 Å². The van der Waals surface area contributed by atoms with Crippen molar-refractivity contribution < 1.29 is 9.59 Å². The lowest BCUT2D eigenvalue weighted by Gasteiger charge is -2.30. The van der Waals surface area contributed by atoms with Gasteiger partial charge in [0, 0.05) is 37.8 Å². The summed E-state index contributed by atoms with van der Waals surface area (Å²) in [6.45, 7) is 4.13. The van der Waals surface area contributed by atoms with Crippen LogP contribution in [0.1, 0.15) is 38.3 Å². The highest BCUT2D eigenvalue weighted by molar-refractivity contribution is 5.91. The lowest BCUT2D eigenvalue weighted by atomic mass is 9.96. The zero-order chi connectivity index (χ0) is 16.5. The summed E-state index contributed by atoms with van der Waals surface area (Å²) >= 11 is 0. The number of aromatic nitrogens is 1. The van der Waals surface area contributed by atoms with Crippen LogP contribution in [0.3, 0.4) is 0 Å². The molecule has 0 spiro atoms. The lowest BCUT2D eigenvalue weighted by molar-refractivity contribution is -0.132. The Morgan fingerprint density at radius 1 is 1.35 bits per heavy atom. The van der Waals surface area contributed by atoms with Crippen LogP contribution in [0.5, 0.6) is 0 Å². The summed E-state index contributed by atoms with van der Waals surface area (Å²) < 4.78 is 0. The Bertz CT molecular complexity index is 534. The summed E-state index contributed by atoms with van der Waals surface area (Å²) in [7, 11) is 0. The van der Waals surface area contributed by atoms with Gasteiger partial charge < -0.3 is 10.2 Å². The molecule has 1 aromatic rings.